The quantitative estimate of drug-likeness (QED) is 0.307. The highest BCUT2D eigenvalue weighted by atomic mass is 32.2. The molecule has 0 saturated carbocycles. The molecule has 2 N–H and O–H groups in total. The van der Waals surface area contributed by atoms with E-state index in [2.05, 4.69) is 10.6 Å². The van der Waals surface area contributed by atoms with E-state index in [0.29, 0.717) is 33.8 Å². The van der Waals surface area contributed by atoms with Crippen LogP contribution in [0.4, 0.5) is 18.9 Å². The molecule has 4 aromatic rings. The number of carbonyl (C=O) groups excluding carboxylic acids is 2. The Kier molecular flexibility index (Phi) is 7.62. The molecular weight excluding hydrogens is 543 g/mol. The van der Waals surface area contributed by atoms with Crippen molar-refractivity contribution in [2.24, 2.45) is 0 Å². The molecule has 0 aliphatic carbocycles. The molecule has 0 radical (unpaired) electrons. The van der Waals surface area contributed by atoms with Crippen LogP contribution < -0.4 is 10.6 Å². The van der Waals surface area contributed by atoms with Crippen molar-refractivity contribution < 1.29 is 31.2 Å². The Bertz CT molecular complexity index is 1710. The number of alkyl halides is 3. The standard InChI is InChI=1S/C29H26F3N3O4S/c1-17-15-24(28(37)34-22-10-12-23(13-11-22)40(4,38)39)18(2)35(17)26-14-9-21(16-25(26)29(30,31)32)19-5-7-20(8-6-19)27(36)33-3/h5-16H,1-4H3,(H,33,36)(H,34,37). The topological polar surface area (TPSA) is 97.3 Å². The van der Waals surface area contributed by atoms with Crippen LogP contribution in [0.25, 0.3) is 16.8 Å². The van der Waals surface area contributed by atoms with Gasteiger partial charge in [-0.3, -0.25) is 9.59 Å². The number of anilines is 1. The number of rotatable bonds is 6. The van der Waals surface area contributed by atoms with Crippen molar-refractivity contribution >= 4 is 27.3 Å². The molecule has 11 heteroatoms. The highest BCUT2D eigenvalue weighted by Crippen LogP contribution is 2.38. The van der Waals surface area contributed by atoms with Crippen molar-refractivity contribution in [3.8, 4) is 16.8 Å². The van der Waals surface area contributed by atoms with Crippen molar-refractivity contribution in [3.05, 3.63) is 101 Å². The summed E-state index contributed by atoms with van der Waals surface area (Å²) in [5, 5.41) is 5.16. The Morgan fingerprint density at radius 2 is 1.43 bits per heavy atom. The first-order chi connectivity index (χ1) is 18.7. The van der Waals surface area contributed by atoms with Gasteiger partial charge in [0, 0.05) is 35.9 Å². The summed E-state index contributed by atoms with van der Waals surface area (Å²) in [7, 11) is -1.92. The first-order valence-electron chi connectivity index (χ1n) is 12.0. The summed E-state index contributed by atoms with van der Waals surface area (Å²) in [6.45, 7) is 3.16. The lowest BCUT2D eigenvalue weighted by Crippen LogP contribution is -2.17. The number of halogens is 3. The monoisotopic (exact) mass is 569 g/mol. The summed E-state index contributed by atoms with van der Waals surface area (Å²) in [5.41, 5.74) is 1.42. The van der Waals surface area contributed by atoms with Crippen molar-refractivity contribution in [2.45, 2.75) is 24.9 Å². The number of aryl methyl sites for hydroxylation is 1. The minimum Gasteiger partial charge on any atom is -0.355 e. The number of benzene rings is 3. The number of nitrogens with one attached hydrogen (secondary N) is 2. The van der Waals surface area contributed by atoms with Crippen LogP contribution in [0.1, 0.15) is 37.7 Å². The van der Waals surface area contributed by atoms with Gasteiger partial charge in [0.2, 0.25) is 0 Å². The van der Waals surface area contributed by atoms with E-state index in [-0.39, 0.29) is 22.1 Å². The molecule has 0 saturated heterocycles. The van der Waals surface area contributed by atoms with Crippen LogP contribution in [0.5, 0.6) is 0 Å². The SMILES string of the molecule is CNC(=O)c1ccc(-c2ccc(-n3c(C)cc(C(=O)Nc4ccc(S(C)(=O)=O)cc4)c3C)c(C(F)(F)F)c2)cc1. The van der Waals surface area contributed by atoms with Crippen LogP contribution in [0.3, 0.4) is 0 Å². The van der Waals surface area contributed by atoms with E-state index >= 15 is 0 Å². The minimum absolute atomic E-state index is 0.0919. The van der Waals surface area contributed by atoms with E-state index in [1.165, 1.54) is 60.1 Å². The van der Waals surface area contributed by atoms with Gasteiger partial charge in [-0.05, 0) is 79.6 Å². The van der Waals surface area contributed by atoms with Gasteiger partial charge in [0.05, 0.1) is 21.7 Å². The summed E-state index contributed by atoms with van der Waals surface area (Å²) < 4.78 is 67.6. The van der Waals surface area contributed by atoms with E-state index in [0.717, 1.165) is 12.3 Å². The van der Waals surface area contributed by atoms with E-state index in [4.69, 9.17) is 0 Å². The van der Waals surface area contributed by atoms with Gasteiger partial charge in [-0.1, -0.05) is 18.2 Å². The van der Waals surface area contributed by atoms with Gasteiger partial charge in [-0.25, -0.2) is 8.42 Å². The lowest BCUT2D eigenvalue weighted by atomic mass is 10.00. The fraction of sp³-hybridized carbons (Fsp3) is 0.172. The molecule has 3 aromatic carbocycles. The van der Waals surface area contributed by atoms with Crippen LogP contribution in [-0.4, -0.2) is 38.1 Å². The van der Waals surface area contributed by atoms with Crippen molar-refractivity contribution in [1.29, 1.82) is 0 Å². The molecule has 0 bridgehead atoms. The predicted octanol–water partition coefficient (Wildman–Crippen LogP) is 5.80. The average Bonchev–Trinajstić information content (AvgIpc) is 3.20. The summed E-state index contributed by atoms with van der Waals surface area (Å²) in [5.74, 6) is -0.852. The third kappa shape index (κ3) is 5.79. The molecule has 0 spiro atoms. The van der Waals surface area contributed by atoms with Gasteiger partial charge >= 0.3 is 6.18 Å². The Morgan fingerprint density at radius 3 is 1.98 bits per heavy atom. The van der Waals surface area contributed by atoms with Gasteiger partial charge < -0.3 is 15.2 Å². The van der Waals surface area contributed by atoms with Crippen LogP contribution in [0.2, 0.25) is 0 Å². The molecule has 7 nitrogen and oxygen atoms in total. The largest absolute Gasteiger partial charge is 0.418 e. The fourth-order valence-corrected chi connectivity index (χ4v) is 5.07. The smallest absolute Gasteiger partial charge is 0.355 e. The predicted molar refractivity (Wildman–Crippen MR) is 147 cm³/mol. The van der Waals surface area contributed by atoms with E-state index in [1.54, 1.807) is 32.0 Å². The highest BCUT2D eigenvalue weighted by molar-refractivity contribution is 7.90. The molecule has 1 heterocycles. The summed E-state index contributed by atoms with van der Waals surface area (Å²) in [6, 6.07) is 17.3. The first kappa shape index (κ1) is 28.6. The number of carbonyl (C=O) groups is 2. The van der Waals surface area contributed by atoms with E-state index in [9.17, 15) is 31.2 Å². The minimum atomic E-state index is -4.69. The molecule has 0 aliphatic rings. The molecule has 2 amide bonds. The number of sulfone groups is 1. The van der Waals surface area contributed by atoms with Gasteiger partial charge in [0.15, 0.2) is 9.84 Å². The Hall–Kier alpha value is -4.38. The first-order valence-corrected chi connectivity index (χ1v) is 13.9. The second kappa shape index (κ2) is 10.6. The normalized spacial score (nSPS) is 11.8. The van der Waals surface area contributed by atoms with Crippen LogP contribution in [-0.2, 0) is 16.0 Å². The van der Waals surface area contributed by atoms with Crippen molar-refractivity contribution in [1.82, 2.24) is 9.88 Å². The zero-order chi connectivity index (χ0) is 29.4. The Morgan fingerprint density at radius 1 is 0.825 bits per heavy atom. The maximum Gasteiger partial charge on any atom is 0.418 e. The molecule has 0 aliphatic heterocycles. The van der Waals surface area contributed by atoms with Crippen molar-refractivity contribution in [2.75, 3.05) is 18.6 Å². The van der Waals surface area contributed by atoms with Crippen molar-refractivity contribution in [3.63, 3.8) is 0 Å². The maximum absolute atomic E-state index is 14.3. The summed E-state index contributed by atoms with van der Waals surface area (Å²) >= 11 is 0. The number of nitrogens with zero attached hydrogens (tertiary/aromatic N) is 1. The fourth-order valence-electron chi connectivity index (χ4n) is 4.44. The molecule has 1 aromatic heterocycles. The van der Waals surface area contributed by atoms with E-state index < -0.39 is 27.5 Å². The van der Waals surface area contributed by atoms with Gasteiger partial charge in [0.25, 0.3) is 11.8 Å². The van der Waals surface area contributed by atoms with Gasteiger partial charge in [-0.15, -0.1) is 0 Å². The zero-order valence-corrected chi connectivity index (χ0v) is 22.9. The molecule has 4 rings (SSSR count). The number of hydrogen-bond acceptors (Lipinski definition) is 4. The molecule has 0 unspecified atom stereocenters. The Labute approximate surface area is 229 Å². The van der Waals surface area contributed by atoms with Crippen LogP contribution >= 0.6 is 0 Å². The number of aromatic nitrogens is 1. The third-order valence-electron chi connectivity index (χ3n) is 6.47. The highest BCUT2D eigenvalue weighted by Gasteiger charge is 2.35. The second-order valence-electron chi connectivity index (χ2n) is 9.26. The van der Waals surface area contributed by atoms with Gasteiger partial charge in [-0.2, -0.15) is 13.2 Å². The van der Waals surface area contributed by atoms with Crippen LogP contribution in [0.15, 0.2) is 77.7 Å². The second-order valence-corrected chi connectivity index (χ2v) is 11.3. The molecular formula is C29H26F3N3O4S. The third-order valence-corrected chi connectivity index (χ3v) is 7.59. The van der Waals surface area contributed by atoms with E-state index in [1.807, 2.05) is 0 Å². The molecule has 40 heavy (non-hydrogen) atoms. The number of hydrogen-bond donors (Lipinski definition) is 2. The summed E-state index contributed by atoms with van der Waals surface area (Å²) in [6.07, 6.45) is -3.62. The lowest BCUT2D eigenvalue weighted by molar-refractivity contribution is -0.137. The molecule has 0 atom stereocenters. The average molecular weight is 570 g/mol. The van der Waals surface area contributed by atoms with Crippen LogP contribution in [0, 0.1) is 13.8 Å². The molecule has 208 valence electrons. The maximum atomic E-state index is 14.3. The summed E-state index contributed by atoms with van der Waals surface area (Å²) in [4.78, 5) is 24.9. The zero-order valence-electron chi connectivity index (χ0n) is 22.1. The molecule has 0 fully saturated rings. The number of amides is 2. The lowest BCUT2D eigenvalue weighted by Gasteiger charge is -2.18. The Balaban J connectivity index is 1.70. The van der Waals surface area contributed by atoms with Gasteiger partial charge in [0.1, 0.15) is 0 Å².